The van der Waals surface area contributed by atoms with Gasteiger partial charge in [-0.1, -0.05) is 12.8 Å². The van der Waals surface area contributed by atoms with E-state index in [4.69, 9.17) is 5.11 Å². The van der Waals surface area contributed by atoms with E-state index in [1.807, 2.05) is 0 Å². The van der Waals surface area contributed by atoms with Crippen LogP contribution in [0.25, 0.3) is 0 Å². The SMILES string of the molecule is O=C(O)CC1(NC(=O)NC2CCCNC2=O)CCCC1. The molecule has 1 saturated carbocycles. The summed E-state index contributed by atoms with van der Waals surface area (Å²) in [5.74, 6) is -1.09. The molecule has 4 N–H and O–H groups in total. The number of rotatable bonds is 4. The smallest absolute Gasteiger partial charge is 0.315 e. The van der Waals surface area contributed by atoms with Gasteiger partial charge in [0, 0.05) is 6.54 Å². The number of hydrogen-bond acceptors (Lipinski definition) is 3. The Bertz CT molecular complexity index is 404. The molecule has 7 heteroatoms. The van der Waals surface area contributed by atoms with E-state index >= 15 is 0 Å². The zero-order valence-electron chi connectivity index (χ0n) is 11.4. The molecule has 112 valence electrons. The van der Waals surface area contributed by atoms with E-state index in [0.29, 0.717) is 25.8 Å². The van der Waals surface area contributed by atoms with Crippen molar-refractivity contribution >= 4 is 17.9 Å². The van der Waals surface area contributed by atoms with Crippen LogP contribution in [0, 0.1) is 0 Å². The van der Waals surface area contributed by atoms with Crippen LogP contribution in [0.3, 0.4) is 0 Å². The monoisotopic (exact) mass is 283 g/mol. The van der Waals surface area contributed by atoms with Crippen molar-refractivity contribution in [1.29, 1.82) is 0 Å². The first-order valence-electron chi connectivity index (χ1n) is 7.09. The first kappa shape index (κ1) is 14.6. The fraction of sp³-hybridized carbons (Fsp3) is 0.769. The van der Waals surface area contributed by atoms with E-state index in [1.54, 1.807) is 0 Å². The van der Waals surface area contributed by atoms with Gasteiger partial charge in [0.05, 0.1) is 12.0 Å². The average molecular weight is 283 g/mol. The predicted octanol–water partition coefficient (Wildman–Crippen LogP) is 0.352. The van der Waals surface area contributed by atoms with Gasteiger partial charge in [0.2, 0.25) is 5.91 Å². The van der Waals surface area contributed by atoms with Crippen molar-refractivity contribution < 1.29 is 19.5 Å². The molecule has 20 heavy (non-hydrogen) atoms. The molecule has 1 aliphatic heterocycles. The van der Waals surface area contributed by atoms with Crippen LogP contribution in [-0.2, 0) is 9.59 Å². The molecule has 0 radical (unpaired) electrons. The minimum absolute atomic E-state index is 0.0721. The third-order valence-electron chi connectivity index (χ3n) is 4.02. The van der Waals surface area contributed by atoms with Gasteiger partial charge in [-0.2, -0.15) is 0 Å². The van der Waals surface area contributed by atoms with Crippen LogP contribution >= 0.6 is 0 Å². The van der Waals surface area contributed by atoms with Crippen LogP contribution in [0.2, 0.25) is 0 Å². The Morgan fingerprint density at radius 2 is 2.00 bits per heavy atom. The summed E-state index contributed by atoms with van der Waals surface area (Å²) >= 11 is 0. The number of hydrogen-bond donors (Lipinski definition) is 4. The largest absolute Gasteiger partial charge is 0.481 e. The topological polar surface area (TPSA) is 108 Å². The van der Waals surface area contributed by atoms with Crippen molar-refractivity contribution in [2.45, 2.75) is 56.5 Å². The van der Waals surface area contributed by atoms with Gasteiger partial charge in [-0.15, -0.1) is 0 Å². The van der Waals surface area contributed by atoms with E-state index in [-0.39, 0.29) is 12.3 Å². The number of urea groups is 1. The Morgan fingerprint density at radius 1 is 1.30 bits per heavy atom. The van der Waals surface area contributed by atoms with E-state index in [9.17, 15) is 14.4 Å². The van der Waals surface area contributed by atoms with Gasteiger partial charge in [0.25, 0.3) is 0 Å². The standard InChI is InChI=1S/C13H21N3O4/c17-10(18)8-13(5-1-2-6-13)16-12(20)15-9-4-3-7-14-11(9)19/h9H,1-8H2,(H,14,19)(H,17,18)(H2,15,16,20). The fourth-order valence-electron chi connectivity index (χ4n) is 3.03. The lowest BCUT2D eigenvalue weighted by Crippen LogP contribution is -2.57. The van der Waals surface area contributed by atoms with Gasteiger partial charge in [0.1, 0.15) is 6.04 Å². The summed E-state index contributed by atoms with van der Waals surface area (Å²) in [4.78, 5) is 34.5. The third kappa shape index (κ3) is 3.61. The highest BCUT2D eigenvalue weighted by atomic mass is 16.4. The molecular formula is C13H21N3O4. The Labute approximate surface area is 117 Å². The van der Waals surface area contributed by atoms with Crippen LogP contribution in [0.4, 0.5) is 4.79 Å². The highest BCUT2D eigenvalue weighted by Crippen LogP contribution is 2.32. The molecule has 7 nitrogen and oxygen atoms in total. The molecule has 3 amide bonds. The van der Waals surface area contributed by atoms with Gasteiger partial charge in [-0.05, 0) is 25.7 Å². The number of piperidine rings is 1. The summed E-state index contributed by atoms with van der Waals surface area (Å²) in [6.07, 6.45) is 4.54. The molecule has 1 unspecified atom stereocenters. The zero-order valence-corrected chi connectivity index (χ0v) is 11.4. The number of carboxylic acid groups (broad SMARTS) is 1. The second-order valence-electron chi connectivity index (χ2n) is 5.64. The van der Waals surface area contributed by atoms with Crippen molar-refractivity contribution in [2.24, 2.45) is 0 Å². The first-order chi connectivity index (χ1) is 9.51. The number of carboxylic acids is 1. The Balaban J connectivity index is 1.91. The Hall–Kier alpha value is -1.79. The van der Waals surface area contributed by atoms with Crippen molar-refractivity contribution in [3.63, 3.8) is 0 Å². The minimum atomic E-state index is -0.914. The molecule has 1 aliphatic carbocycles. The van der Waals surface area contributed by atoms with Gasteiger partial charge < -0.3 is 21.1 Å². The lowest BCUT2D eigenvalue weighted by Gasteiger charge is -2.30. The lowest BCUT2D eigenvalue weighted by atomic mass is 9.93. The lowest BCUT2D eigenvalue weighted by molar-refractivity contribution is -0.138. The molecule has 2 fully saturated rings. The molecule has 0 aromatic carbocycles. The number of amides is 3. The third-order valence-corrected chi connectivity index (χ3v) is 4.02. The Kier molecular flexibility index (Phi) is 4.46. The molecule has 2 aliphatic rings. The first-order valence-corrected chi connectivity index (χ1v) is 7.09. The highest BCUT2D eigenvalue weighted by molar-refractivity contribution is 5.87. The summed E-state index contributed by atoms with van der Waals surface area (Å²) in [6, 6.07) is -0.970. The van der Waals surface area contributed by atoms with Crippen molar-refractivity contribution in [3.05, 3.63) is 0 Å². The van der Waals surface area contributed by atoms with Crippen LogP contribution in [0.5, 0.6) is 0 Å². The zero-order chi connectivity index (χ0) is 14.6. The molecule has 0 spiro atoms. The van der Waals surface area contributed by atoms with Crippen LogP contribution < -0.4 is 16.0 Å². The van der Waals surface area contributed by atoms with Crippen molar-refractivity contribution in [2.75, 3.05) is 6.54 Å². The highest BCUT2D eigenvalue weighted by Gasteiger charge is 2.38. The number of nitrogens with one attached hydrogen (secondary N) is 3. The molecule has 1 heterocycles. The van der Waals surface area contributed by atoms with E-state index in [0.717, 1.165) is 19.3 Å². The summed E-state index contributed by atoms with van der Waals surface area (Å²) in [5, 5.41) is 17.1. The number of aliphatic carboxylic acids is 1. The molecule has 0 aromatic rings. The van der Waals surface area contributed by atoms with E-state index in [2.05, 4.69) is 16.0 Å². The van der Waals surface area contributed by atoms with E-state index in [1.165, 1.54) is 0 Å². The number of carbonyl (C=O) groups excluding carboxylic acids is 2. The normalized spacial score (nSPS) is 24.8. The molecular weight excluding hydrogens is 262 g/mol. The van der Waals surface area contributed by atoms with Crippen LogP contribution in [0.15, 0.2) is 0 Å². The van der Waals surface area contributed by atoms with Gasteiger partial charge >= 0.3 is 12.0 Å². The summed E-state index contributed by atoms with van der Waals surface area (Å²) in [5.41, 5.74) is -0.666. The van der Waals surface area contributed by atoms with Crippen molar-refractivity contribution in [1.82, 2.24) is 16.0 Å². The molecule has 2 rings (SSSR count). The van der Waals surface area contributed by atoms with Crippen LogP contribution in [0.1, 0.15) is 44.9 Å². The van der Waals surface area contributed by atoms with Gasteiger partial charge in [-0.25, -0.2) is 4.79 Å². The van der Waals surface area contributed by atoms with E-state index < -0.39 is 23.6 Å². The Morgan fingerprint density at radius 3 is 2.60 bits per heavy atom. The van der Waals surface area contributed by atoms with Gasteiger partial charge in [-0.3, -0.25) is 9.59 Å². The quantitative estimate of drug-likeness (QED) is 0.597. The summed E-state index contributed by atoms with van der Waals surface area (Å²) in [6.45, 7) is 0.640. The summed E-state index contributed by atoms with van der Waals surface area (Å²) in [7, 11) is 0. The maximum atomic E-state index is 12.0. The minimum Gasteiger partial charge on any atom is -0.481 e. The molecule has 0 aromatic heterocycles. The fourth-order valence-corrected chi connectivity index (χ4v) is 3.03. The summed E-state index contributed by atoms with van der Waals surface area (Å²) < 4.78 is 0. The predicted molar refractivity (Wildman–Crippen MR) is 71.2 cm³/mol. The second kappa shape index (κ2) is 6.11. The number of carbonyl (C=O) groups is 3. The maximum absolute atomic E-state index is 12.0. The van der Waals surface area contributed by atoms with Crippen LogP contribution in [-0.4, -0.2) is 41.1 Å². The van der Waals surface area contributed by atoms with Gasteiger partial charge in [0.15, 0.2) is 0 Å². The molecule has 1 atom stereocenters. The van der Waals surface area contributed by atoms with Crippen molar-refractivity contribution in [3.8, 4) is 0 Å². The molecule has 0 bridgehead atoms. The molecule has 1 saturated heterocycles. The second-order valence-corrected chi connectivity index (χ2v) is 5.64. The average Bonchev–Trinajstić information content (AvgIpc) is 2.79. The maximum Gasteiger partial charge on any atom is 0.315 e.